The number of esters is 2. The molecule has 2 heterocycles. The van der Waals surface area contributed by atoms with Gasteiger partial charge in [-0.1, -0.05) is 41.9 Å². The van der Waals surface area contributed by atoms with Crippen LogP contribution in [0.25, 0.3) is 11.1 Å². The van der Waals surface area contributed by atoms with E-state index in [4.69, 9.17) is 21.1 Å². The second-order valence-corrected chi connectivity index (χ2v) is 7.56. The topological polar surface area (TPSA) is 94.6 Å². The highest BCUT2D eigenvalue weighted by Gasteiger charge is 2.26. The zero-order chi connectivity index (χ0) is 22.4. The molecule has 0 fully saturated rings. The van der Waals surface area contributed by atoms with Gasteiger partial charge in [-0.05, 0) is 31.5 Å². The Labute approximate surface area is 188 Å². The number of aromatic nitrogens is 1. The fourth-order valence-corrected chi connectivity index (χ4v) is 3.87. The summed E-state index contributed by atoms with van der Waals surface area (Å²) in [5.41, 5.74) is 1.76. The summed E-state index contributed by atoms with van der Waals surface area (Å²) >= 11 is 7.08. The number of thiophene rings is 1. The van der Waals surface area contributed by atoms with Gasteiger partial charge in [-0.25, -0.2) is 14.6 Å². The molecule has 7 nitrogen and oxygen atoms in total. The van der Waals surface area contributed by atoms with Crippen molar-refractivity contribution in [3.8, 4) is 11.1 Å². The maximum absolute atomic E-state index is 12.7. The Hall–Kier alpha value is -3.23. The first-order chi connectivity index (χ1) is 14.9. The molecule has 0 saturated heterocycles. The molecule has 9 heteroatoms. The summed E-state index contributed by atoms with van der Waals surface area (Å²) in [6.07, 6.45) is 0.300. The largest absolute Gasteiger partial charge is 0.462 e. The summed E-state index contributed by atoms with van der Waals surface area (Å²) in [6, 6.07) is 12.3. The van der Waals surface area contributed by atoms with Crippen molar-refractivity contribution in [1.82, 2.24) is 4.98 Å². The molecule has 160 valence electrons. The molecule has 1 atom stereocenters. The van der Waals surface area contributed by atoms with Crippen molar-refractivity contribution < 1.29 is 23.9 Å². The monoisotopic (exact) mass is 458 g/mol. The molecule has 31 heavy (non-hydrogen) atoms. The van der Waals surface area contributed by atoms with Gasteiger partial charge < -0.3 is 14.8 Å². The lowest BCUT2D eigenvalue weighted by Crippen LogP contribution is -2.30. The minimum absolute atomic E-state index is 0.0181. The van der Waals surface area contributed by atoms with E-state index in [1.807, 2.05) is 30.3 Å². The van der Waals surface area contributed by atoms with Crippen LogP contribution in [0.15, 0.2) is 54.0 Å². The number of anilines is 1. The van der Waals surface area contributed by atoms with Crippen molar-refractivity contribution in [3.05, 3.63) is 70.3 Å². The number of ether oxygens (including phenoxy) is 2. The third kappa shape index (κ3) is 5.28. The minimum atomic E-state index is -1.14. The first kappa shape index (κ1) is 22.5. The molecule has 0 spiro atoms. The fourth-order valence-electron chi connectivity index (χ4n) is 2.72. The maximum atomic E-state index is 12.7. The zero-order valence-electron chi connectivity index (χ0n) is 16.8. The van der Waals surface area contributed by atoms with Crippen LogP contribution in [0, 0.1) is 0 Å². The molecule has 0 aliphatic heterocycles. The van der Waals surface area contributed by atoms with Crippen molar-refractivity contribution in [1.29, 1.82) is 0 Å². The molecule has 1 unspecified atom stereocenters. The Morgan fingerprint density at radius 1 is 1.13 bits per heavy atom. The number of halogens is 1. The molecule has 3 aromatic rings. The summed E-state index contributed by atoms with van der Waals surface area (Å²) in [6.45, 7) is 3.32. The van der Waals surface area contributed by atoms with Gasteiger partial charge in [0.2, 0.25) is 0 Å². The predicted molar refractivity (Wildman–Crippen MR) is 118 cm³/mol. The summed E-state index contributed by atoms with van der Waals surface area (Å²) in [7, 11) is 0. The van der Waals surface area contributed by atoms with Crippen LogP contribution in [0.4, 0.5) is 5.00 Å². The first-order valence-corrected chi connectivity index (χ1v) is 10.6. The second-order valence-electron chi connectivity index (χ2n) is 6.32. The van der Waals surface area contributed by atoms with Crippen molar-refractivity contribution in [2.75, 3.05) is 11.9 Å². The van der Waals surface area contributed by atoms with E-state index in [9.17, 15) is 14.4 Å². The van der Waals surface area contributed by atoms with Crippen molar-refractivity contribution in [3.63, 3.8) is 0 Å². The van der Waals surface area contributed by atoms with Crippen LogP contribution >= 0.6 is 22.9 Å². The van der Waals surface area contributed by atoms with Crippen molar-refractivity contribution in [2.45, 2.75) is 20.0 Å². The molecule has 0 aliphatic carbocycles. The summed E-state index contributed by atoms with van der Waals surface area (Å²) < 4.78 is 10.4. The fraction of sp³-hybridized carbons (Fsp3) is 0.182. The number of nitrogens with one attached hydrogen (secondary N) is 1. The molecular weight excluding hydrogens is 440 g/mol. The van der Waals surface area contributed by atoms with E-state index in [0.717, 1.165) is 5.56 Å². The quantitative estimate of drug-likeness (QED) is 0.402. The molecule has 1 aromatic carbocycles. The lowest BCUT2D eigenvalue weighted by Gasteiger charge is -2.14. The van der Waals surface area contributed by atoms with Crippen LogP contribution in [-0.4, -0.2) is 35.5 Å². The standard InChI is InChI=1S/C22H19ClN2O5S/c1-3-29-22(28)17-16(14-8-5-4-6-9-14)12-31-20(17)25-19(26)13(2)30-21(27)15-10-7-11-24-18(15)23/h4-13H,3H2,1-2H3,(H,25,26). The van der Waals surface area contributed by atoms with Gasteiger partial charge in [0, 0.05) is 17.1 Å². The van der Waals surface area contributed by atoms with Gasteiger partial charge in [0.25, 0.3) is 5.91 Å². The molecule has 0 saturated carbocycles. The number of rotatable bonds is 7. The van der Waals surface area contributed by atoms with E-state index in [1.54, 1.807) is 12.3 Å². The van der Waals surface area contributed by atoms with E-state index < -0.39 is 23.9 Å². The first-order valence-electron chi connectivity index (χ1n) is 9.38. The second kappa shape index (κ2) is 10.2. The Kier molecular flexibility index (Phi) is 7.38. The van der Waals surface area contributed by atoms with Crippen LogP contribution in [0.5, 0.6) is 0 Å². The summed E-state index contributed by atoms with van der Waals surface area (Å²) in [5.74, 6) is -1.92. The maximum Gasteiger partial charge on any atom is 0.342 e. The smallest absolute Gasteiger partial charge is 0.342 e. The Morgan fingerprint density at radius 2 is 1.87 bits per heavy atom. The highest BCUT2D eigenvalue weighted by Crippen LogP contribution is 2.36. The Bertz CT molecular complexity index is 1100. The number of benzene rings is 1. The third-order valence-corrected chi connectivity index (χ3v) is 5.42. The van der Waals surface area contributed by atoms with E-state index in [1.165, 1.54) is 36.6 Å². The molecule has 0 bridgehead atoms. The minimum Gasteiger partial charge on any atom is -0.462 e. The van der Waals surface area contributed by atoms with E-state index in [0.29, 0.717) is 10.6 Å². The van der Waals surface area contributed by atoms with Crippen LogP contribution < -0.4 is 5.32 Å². The molecule has 1 amide bonds. The highest BCUT2D eigenvalue weighted by molar-refractivity contribution is 7.15. The lowest BCUT2D eigenvalue weighted by atomic mass is 10.0. The van der Waals surface area contributed by atoms with Crippen molar-refractivity contribution in [2.24, 2.45) is 0 Å². The summed E-state index contributed by atoms with van der Waals surface area (Å²) in [5, 5.41) is 4.72. The Morgan fingerprint density at radius 3 is 2.55 bits per heavy atom. The van der Waals surface area contributed by atoms with Crippen molar-refractivity contribution >= 4 is 45.8 Å². The molecule has 3 rings (SSSR count). The van der Waals surface area contributed by atoms with E-state index in [2.05, 4.69) is 10.3 Å². The zero-order valence-corrected chi connectivity index (χ0v) is 18.3. The third-order valence-electron chi connectivity index (χ3n) is 4.22. The number of hydrogen-bond donors (Lipinski definition) is 1. The number of amides is 1. The highest BCUT2D eigenvalue weighted by atomic mass is 35.5. The number of nitrogens with zero attached hydrogens (tertiary/aromatic N) is 1. The lowest BCUT2D eigenvalue weighted by molar-refractivity contribution is -0.123. The van der Waals surface area contributed by atoms with Gasteiger partial charge in [-0.3, -0.25) is 4.79 Å². The van der Waals surface area contributed by atoms with Gasteiger partial charge >= 0.3 is 11.9 Å². The van der Waals surface area contributed by atoms with Gasteiger partial charge in [0.15, 0.2) is 6.10 Å². The number of pyridine rings is 1. The molecule has 1 N–H and O–H groups in total. The van der Waals surface area contributed by atoms with Crippen LogP contribution in [0.3, 0.4) is 0 Å². The Balaban J connectivity index is 1.80. The molecular formula is C22H19ClN2O5S. The van der Waals surface area contributed by atoms with E-state index >= 15 is 0 Å². The molecule has 0 aliphatic rings. The summed E-state index contributed by atoms with van der Waals surface area (Å²) in [4.78, 5) is 41.4. The average molecular weight is 459 g/mol. The predicted octanol–water partition coefficient (Wildman–Crippen LogP) is 4.82. The molecule has 0 radical (unpaired) electrons. The normalized spacial score (nSPS) is 11.5. The SMILES string of the molecule is CCOC(=O)c1c(-c2ccccc2)csc1NC(=O)C(C)OC(=O)c1cccnc1Cl. The van der Waals surface area contributed by atoms with Crippen LogP contribution in [-0.2, 0) is 14.3 Å². The van der Waals surface area contributed by atoms with Gasteiger partial charge in [-0.2, -0.15) is 0 Å². The van der Waals surface area contributed by atoms with E-state index in [-0.39, 0.29) is 22.9 Å². The van der Waals surface area contributed by atoms with Crippen LogP contribution in [0.1, 0.15) is 34.6 Å². The van der Waals surface area contributed by atoms with Gasteiger partial charge in [-0.15, -0.1) is 11.3 Å². The number of hydrogen-bond acceptors (Lipinski definition) is 7. The van der Waals surface area contributed by atoms with Gasteiger partial charge in [0.1, 0.15) is 15.7 Å². The number of carbonyl (C=O) groups is 3. The van der Waals surface area contributed by atoms with Crippen LogP contribution in [0.2, 0.25) is 5.15 Å². The van der Waals surface area contributed by atoms with Gasteiger partial charge in [0.05, 0.1) is 12.2 Å². The number of carbonyl (C=O) groups excluding carboxylic acids is 3. The average Bonchev–Trinajstić information content (AvgIpc) is 3.18. The molecule has 2 aromatic heterocycles.